The number of carbonyl (C=O) groups is 2. The highest BCUT2D eigenvalue weighted by molar-refractivity contribution is 6.33. The molecule has 0 spiro atoms. The molecule has 0 bridgehead atoms. The van der Waals surface area contributed by atoms with E-state index in [1.54, 1.807) is 6.20 Å². The van der Waals surface area contributed by atoms with Gasteiger partial charge in [-0.1, -0.05) is 93.0 Å². The predicted molar refractivity (Wildman–Crippen MR) is 170 cm³/mol. The van der Waals surface area contributed by atoms with Gasteiger partial charge in [-0.2, -0.15) is 0 Å². The van der Waals surface area contributed by atoms with E-state index in [0.717, 1.165) is 35.2 Å². The largest absolute Gasteiger partial charge is 0.491 e. The van der Waals surface area contributed by atoms with Crippen LogP contribution in [0.25, 0.3) is 11.3 Å². The first kappa shape index (κ1) is 35.0. The zero-order valence-electron chi connectivity index (χ0n) is 25.3. The Morgan fingerprint density at radius 2 is 1.63 bits per heavy atom. The van der Waals surface area contributed by atoms with Gasteiger partial charge in [-0.25, -0.2) is 9.78 Å². The molecule has 0 radical (unpaired) electrons. The fourth-order valence-electron chi connectivity index (χ4n) is 4.38. The lowest BCUT2D eigenvalue weighted by Crippen LogP contribution is -2.38. The molecule has 2 heterocycles. The monoisotopic (exact) mass is 608 g/mol. The maximum Gasteiger partial charge on any atom is 0.325 e. The van der Waals surface area contributed by atoms with Crippen LogP contribution in [0.3, 0.4) is 0 Å². The maximum absolute atomic E-state index is 12.5. The lowest BCUT2D eigenvalue weighted by Gasteiger charge is -2.29. The maximum atomic E-state index is 12.5. The van der Waals surface area contributed by atoms with Gasteiger partial charge >= 0.3 is 6.03 Å². The summed E-state index contributed by atoms with van der Waals surface area (Å²) >= 11 is 6.41. The number of aryl methyl sites for hydroxylation is 1. The smallest absolute Gasteiger partial charge is 0.325 e. The Bertz CT molecular complexity index is 1380. The predicted octanol–water partition coefficient (Wildman–Crippen LogP) is 6.13. The van der Waals surface area contributed by atoms with E-state index < -0.39 is 12.1 Å². The van der Waals surface area contributed by atoms with E-state index in [-0.39, 0.29) is 25.0 Å². The summed E-state index contributed by atoms with van der Waals surface area (Å²) in [5.41, 5.74) is 3.63. The second-order valence-corrected chi connectivity index (χ2v) is 9.52. The number of aliphatic hydroxyl groups is 2. The van der Waals surface area contributed by atoms with Crippen molar-refractivity contribution in [2.45, 2.75) is 39.7 Å². The van der Waals surface area contributed by atoms with E-state index in [9.17, 15) is 9.59 Å². The number of urea groups is 1. The quantitative estimate of drug-likeness (QED) is 0.178. The molecule has 230 valence electrons. The van der Waals surface area contributed by atoms with Gasteiger partial charge in [-0.05, 0) is 36.2 Å². The lowest BCUT2D eigenvalue weighted by atomic mass is 9.91. The number of para-hydroxylation sites is 1. The number of rotatable bonds is 8. The molecule has 2 atom stereocenters. The molecule has 1 fully saturated rings. The van der Waals surface area contributed by atoms with Gasteiger partial charge < -0.3 is 25.3 Å². The van der Waals surface area contributed by atoms with Crippen LogP contribution in [-0.2, 0) is 4.79 Å². The number of amides is 3. The Balaban J connectivity index is 0.000000387. The van der Waals surface area contributed by atoms with Crippen molar-refractivity contribution in [2.75, 3.05) is 26.9 Å². The van der Waals surface area contributed by atoms with Crippen molar-refractivity contribution in [3.63, 3.8) is 0 Å². The Morgan fingerprint density at radius 1 is 1.00 bits per heavy atom. The highest BCUT2D eigenvalue weighted by Crippen LogP contribution is 2.37. The highest BCUT2D eigenvalue weighted by atomic mass is 35.5. The van der Waals surface area contributed by atoms with Crippen LogP contribution in [0.5, 0.6) is 5.75 Å². The number of halogens is 1. The Hall–Kier alpha value is -4.18. The first-order valence-electron chi connectivity index (χ1n) is 14.1. The SMILES string of the molecule is CC.CO.Cc1ccc(-c2cnc(C(C(C)c3ccccc3)N3C(=O)CNC3=O)[nH]2)c(Cl)c1.OCCOc1ccccc1. The van der Waals surface area contributed by atoms with Crippen molar-refractivity contribution < 1.29 is 24.5 Å². The second-order valence-electron chi connectivity index (χ2n) is 9.12. The van der Waals surface area contributed by atoms with Crippen LogP contribution >= 0.6 is 11.6 Å². The molecule has 3 amide bonds. The zero-order chi connectivity index (χ0) is 31.8. The van der Waals surface area contributed by atoms with Crippen molar-refractivity contribution in [3.05, 3.63) is 107 Å². The molecule has 1 saturated heterocycles. The zero-order valence-corrected chi connectivity index (χ0v) is 26.0. The van der Waals surface area contributed by atoms with E-state index in [2.05, 4.69) is 15.3 Å². The summed E-state index contributed by atoms with van der Waals surface area (Å²) in [6.45, 7) is 8.39. The minimum absolute atomic E-state index is 0.00575. The van der Waals surface area contributed by atoms with Gasteiger partial charge in [0.05, 0.1) is 30.1 Å². The summed E-state index contributed by atoms with van der Waals surface area (Å²) in [5, 5.41) is 18.6. The molecule has 0 saturated carbocycles. The molecule has 1 aliphatic heterocycles. The summed E-state index contributed by atoms with van der Waals surface area (Å²) in [7, 11) is 1.00. The van der Waals surface area contributed by atoms with E-state index in [4.69, 9.17) is 26.6 Å². The number of nitrogens with one attached hydrogen (secondary N) is 2. The minimum Gasteiger partial charge on any atom is -0.491 e. The summed E-state index contributed by atoms with van der Waals surface area (Å²) < 4.78 is 5.11. The van der Waals surface area contributed by atoms with Gasteiger partial charge in [0.1, 0.15) is 24.2 Å². The van der Waals surface area contributed by atoms with Gasteiger partial charge in [-0.3, -0.25) is 9.69 Å². The Kier molecular flexibility index (Phi) is 15.0. The number of nitrogens with zero attached hydrogens (tertiary/aromatic N) is 2. The number of hydrogen-bond donors (Lipinski definition) is 4. The summed E-state index contributed by atoms with van der Waals surface area (Å²) in [6, 6.07) is 24.0. The summed E-state index contributed by atoms with van der Waals surface area (Å²) in [5.74, 6) is 0.917. The van der Waals surface area contributed by atoms with Gasteiger partial charge in [-0.15, -0.1) is 0 Å². The highest BCUT2D eigenvalue weighted by Gasteiger charge is 2.40. The molecular weight excluding hydrogens is 568 g/mol. The van der Waals surface area contributed by atoms with Crippen LogP contribution in [-0.4, -0.2) is 63.9 Å². The third-order valence-corrected chi connectivity index (χ3v) is 6.66. The molecule has 1 aliphatic rings. The fraction of sp³-hybridized carbons (Fsp3) is 0.303. The number of carbonyl (C=O) groups excluding carboxylic acids is 2. The van der Waals surface area contributed by atoms with Gasteiger partial charge in [0.25, 0.3) is 5.91 Å². The normalized spacial score (nSPS) is 13.3. The van der Waals surface area contributed by atoms with Crippen molar-refractivity contribution in [3.8, 4) is 17.0 Å². The number of ether oxygens (including phenoxy) is 1. The van der Waals surface area contributed by atoms with Crippen LogP contribution in [0, 0.1) is 6.92 Å². The van der Waals surface area contributed by atoms with E-state index in [1.165, 1.54) is 4.90 Å². The molecule has 4 N–H and O–H groups in total. The Labute approximate surface area is 258 Å². The van der Waals surface area contributed by atoms with Crippen molar-refractivity contribution in [1.29, 1.82) is 0 Å². The fourth-order valence-corrected chi connectivity index (χ4v) is 4.72. The molecule has 9 nitrogen and oxygen atoms in total. The van der Waals surface area contributed by atoms with Crippen LogP contribution in [0.4, 0.5) is 4.79 Å². The summed E-state index contributed by atoms with van der Waals surface area (Å²) in [6.07, 6.45) is 1.69. The number of H-pyrrole nitrogens is 1. The van der Waals surface area contributed by atoms with E-state index in [1.807, 2.05) is 107 Å². The second kappa shape index (κ2) is 18.4. The molecule has 1 aromatic heterocycles. The molecule has 43 heavy (non-hydrogen) atoms. The van der Waals surface area contributed by atoms with Crippen molar-refractivity contribution in [1.82, 2.24) is 20.2 Å². The average molecular weight is 609 g/mol. The van der Waals surface area contributed by atoms with Crippen molar-refractivity contribution in [2.24, 2.45) is 0 Å². The first-order valence-corrected chi connectivity index (χ1v) is 14.5. The van der Waals surface area contributed by atoms with Crippen LogP contribution in [0.15, 0.2) is 85.1 Å². The average Bonchev–Trinajstić information content (AvgIpc) is 3.66. The third kappa shape index (κ3) is 9.68. The number of aromatic nitrogens is 2. The van der Waals surface area contributed by atoms with Crippen LogP contribution in [0.2, 0.25) is 5.02 Å². The molecule has 5 rings (SSSR count). The van der Waals surface area contributed by atoms with Gasteiger partial charge in [0.15, 0.2) is 0 Å². The third-order valence-electron chi connectivity index (χ3n) is 6.35. The number of aliphatic hydroxyl groups excluding tert-OH is 2. The molecule has 3 aromatic carbocycles. The van der Waals surface area contributed by atoms with Crippen LogP contribution < -0.4 is 10.1 Å². The molecule has 0 aliphatic carbocycles. The van der Waals surface area contributed by atoms with Gasteiger partial charge in [0, 0.05) is 18.6 Å². The standard InChI is InChI=1S/C22H21ClN4O2.C8H10O2.C2H6.CH4O/c1-13-8-9-16(17(23)10-13)18-11-24-21(26-18)20(27-19(28)12-25-22(27)29)14(2)15-6-4-3-5-7-15;9-6-7-10-8-4-2-1-3-5-8;2*1-2/h3-11,14,20H,12H2,1-2H3,(H,24,26)(H,25,29);1-5,9H,6-7H2;1-2H3;2H,1H3. The summed E-state index contributed by atoms with van der Waals surface area (Å²) in [4.78, 5) is 34.0. The number of hydrogen-bond acceptors (Lipinski definition) is 6. The van der Waals surface area contributed by atoms with E-state index in [0.29, 0.717) is 17.5 Å². The van der Waals surface area contributed by atoms with E-state index >= 15 is 0 Å². The minimum atomic E-state index is -0.564. The molecule has 2 unspecified atom stereocenters. The Morgan fingerprint density at radius 3 is 2.19 bits per heavy atom. The van der Waals surface area contributed by atoms with Gasteiger partial charge in [0.2, 0.25) is 0 Å². The number of imidazole rings is 1. The number of aromatic amines is 1. The molecule has 10 heteroatoms. The molecule has 4 aromatic rings. The first-order chi connectivity index (χ1) is 20.9. The number of imide groups is 1. The topological polar surface area (TPSA) is 128 Å². The molecular formula is C33H41ClN4O5. The number of benzene rings is 3. The van der Waals surface area contributed by atoms with Crippen molar-refractivity contribution >= 4 is 23.5 Å². The lowest BCUT2D eigenvalue weighted by molar-refractivity contribution is -0.127. The van der Waals surface area contributed by atoms with Crippen LogP contribution in [0.1, 0.15) is 49.7 Å².